The van der Waals surface area contributed by atoms with Gasteiger partial charge in [0.25, 0.3) is 0 Å². The fourth-order valence-corrected chi connectivity index (χ4v) is 2.53. The summed E-state index contributed by atoms with van der Waals surface area (Å²) in [7, 11) is 0. The van der Waals surface area contributed by atoms with Gasteiger partial charge in [-0.3, -0.25) is 4.79 Å². The van der Waals surface area contributed by atoms with E-state index in [2.05, 4.69) is 5.32 Å². The lowest BCUT2D eigenvalue weighted by Crippen LogP contribution is -2.31. The molecule has 98 valence electrons. The van der Waals surface area contributed by atoms with Crippen LogP contribution >= 0.6 is 11.6 Å². The summed E-state index contributed by atoms with van der Waals surface area (Å²) in [6.45, 7) is 2.83. The second-order valence-electron chi connectivity index (χ2n) is 5.38. The molecule has 1 aromatic carbocycles. The first-order chi connectivity index (χ1) is 8.63. The minimum Gasteiger partial charge on any atom is -0.355 e. The van der Waals surface area contributed by atoms with Gasteiger partial charge < -0.3 is 5.32 Å². The summed E-state index contributed by atoms with van der Waals surface area (Å²) in [6.07, 6.45) is 3.88. The summed E-state index contributed by atoms with van der Waals surface area (Å²) in [5.41, 5.74) is 2.60. The molecule has 0 heterocycles. The fourth-order valence-electron chi connectivity index (χ4n) is 2.13. The van der Waals surface area contributed by atoms with Crippen LogP contribution in [-0.4, -0.2) is 18.3 Å². The zero-order chi connectivity index (χ0) is 13.0. The highest BCUT2D eigenvalue weighted by Crippen LogP contribution is 2.48. The van der Waals surface area contributed by atoms with Crippen molar-refractivity contribution in [3.63, 3.8) is 0 Å². The van der Waals surface area contributed by atoms with E-state index in [1.165, 1.54) is 18.4 Å². The number of alkyl halides is 1. The van der Waals surface area contributed by atoms with Gasteiger partial charge in [0.1, 0.15) is 0 Å². The smallest absolute Gasteiger partial charge is 0.224 e. The molecule has 1 N–H and O–H groups in total. The number of hydrogen-bond acceptors (Lipinski definition) is 1. The second kappa shape index (κ2) is 5.75. The molecule has 1 aromatic rings. The summed E-state index contributed by atoms with van der Waals surface area (Å²) in [5, 5.41) is 3.04. The Morgan fingerprint density at radius 1 is 1.33 bits per heavy atom. The van der Waals surface area contributed by atoms with E-state index in [9.17, 15) is 4.79 Å². The highest BCUT2D eigenvalue weighted by molar-refractivity contribution is 6.17. The van der Waals surface area contributed by atoms with E-state index in [4.69, 9.17) is 11.6 Å². The monoisotopic (exact) mass is 265 g/mol. The van der Waals surface area contributed by atoms with Gasteiger partial charge in [-0.2, -0.15) is 0 Å². The summed E-state index contributed by atoms with van der Waals surface area (Å²) in [6, 6.07) is 8.11. The van der Waals surface area contributed by atoms with Gasteiger partial charge in [-0.25, -0.2) is 0 Å². The largest absolute Gasteiger partial charge is 0.355 e. The third-order valence-electron chi connectivity index (χ3n) is 3.73. The van der Waals surface area contributed by atoms with Crippen molar-refractivity contribution in [3.8, 4) is 0 Å². The third kappa shape index (κ3) is 3.74. The van der Waals surface area contributed by atoms with Crippen LogP contribution in [-0.2, 0) is 11.2 Å². The van der Waals surface area contributed by atoms with Gasteiger partial charge in [0.2, 0.25) is 5.91 Å². The lowest BCUT2D eigenvalue weighted by molar-refractivity contribution is -0.120. The zero-order valence-electron chi connectivity index (χ0n) is 10.8. The van der Waals surface area contributed by atoms with Crippen molar-refractivity contribution in [2.75, 3.05) is 12.4 Å². The Bertz CT molecular complexity index is 409. The van der Waals surface area contributed by atoms with E-state index < -0.39 is 0 Å². The van der Waals surface area contributed by atoms with E-state index in [1.807, 2.05) is 31.2 Å². The molecule has 0 atom stereocenters. The van der Waals surface area contributed by atoms with Crippen LogP contribution in [0.25, 0.3) is 0 Å². The molecule has 0 aromatic heterocycles. The number of hydrogen-bond donors (Lipinski definition) is 1. The Labute approximate surface area is 114 Å². The van der Waals surface area contributed by atoms with E-state index in [-0.39, 0.29) is 5.91 Å². The number of rotatable bonds is 6. The lowest BCUT2D eigenvalue weighted by Gasteiger charge is -2.14. The van der Waals surface area contributed by atoms with Crippen molar-refractivity contribution in [2.45, 2.75) is 32.6 Å². The summed E-state index contributed by atoms with van der Waals surface area (Å²) in [4.78, 5) is 11.8. The van der Waals surface area contributed by atoms with Crippen LogP contribution in [0.4, 0.5) is 0 Å². The third-order valence-corrected chi connectivity index (χ3v) is 3.92. The first kappa shape index (κ1) is 13.4. The van der Waals surface area contributed by atoms with Gasteiger partial charge in [-0.05, 0) is 37.2 Å². The van der Waals surface area contributed by atoms with Crippen molar-refractivity contribution < 1.29 is 4.79 Å². The molecule has 0 aliphatic heterocycles. The Kier molecular flexibility index (Phi) is 4.28. The van der Waals surface area contributed by atoms with E-state index >= 15 is 0 Å². The number of nitrogens with one attached hydrogen (secondary N) is 1. The quantitative estimate of drug-likeness (QED) is 0.787. The van der Waals surface area contributed by atoms with Gasteiger partial charge in [0.15, 0.2) is 0 Å². The molecule has 0 bridgehead atoms. The van der Waals surface area contributed by atoms with Crippen LogP contribution in [0.2, 0.25) is 0 Å². The molecule has 3 heteroatoms. The Balaban J connectivity index is 1.77. The Morgan fingerprint density at radius 3 is 2.56 bits per heavy atom. The van der Waals surface area contributed by atoms with Crippen molar-refractivity contribution in [2.24, 2.45) is 5.41 Å². The minimum absolute atomic E-state index is 0.111. The van der Waals surface area contributed by atoms with Crippen molar-refractivity contribution >= 4 is 17.5 Å². The number of carbonyl (C=O) groups excluding carboxylic acids is 1. The highest BCUT2D eigenvalue weighted by Gasteiger charge is 2.41. The molecule has 2 rings (SSSR count). The molecule has 1 amide bonds. The first-order valence-electron chi connectivity index (χ1n) is 6.52. The number of carbonyl (C=O) groups is 1. The summed E-state index contributed by atoms with van der Waals surface area (Å²) >= 11 is 5.77. The molecule has 1 aliphatic rings. The highest BCUT2D eigenvalue weighted by atomic mass is 35.5. The first-order valence-corrected chi connectivity index (χ1v) is 7.05. The molecule has 1 fully saturated rings. The maximum absolute atomic E-state index is 11.8. The number of aryl methyl sites for hydroxylation is 1. The van der Waals surface area contributed by atoms with Crippen molar-refractivity contribution in [1.29, 1.82) is 0 Å². The maximum atomic E-state index is 11.8. The van der Waals surface area contributed by atoms with Gasteiger partial charge in [-0.1, -0.05) is 29.8 Å². The molecule has 0 radical (unpaired) electrons. The molecule has 1 aliphatic carbocycles. The van der Waals surface area contributed by atoms with Crippen LogP contribution in [0, 0.1) is 12.3 Å². The summed E-state index contributed by atoms with van der Waals surface area (Å²) < 4.78 is 0. The Hall–Kier alpha value is -1.02. The average molecular weight is 266 g/mol. The topological polar surface area (TPSA) is 29.1 Å². The molecule has 2 nitrogen and oxygen atoms in total. The lowest BCUT2D eigenvalue weighted by atomic mass is 10.0. The molecule has 0 spiro atoms. The molecular weight excluding hydrogens is 246 g/mol. The Morgan fingerprint density at radius 2 is 2.00 bits per heavy atom. The van der Waals surface area contributed by atoms with Gasteiger partial charge in [-0.15, -0.1) is 11.6 Å². The predicted octanol–water partition coefficient (Wildman–Crippen LogP) is 3.06. The van der Waals surface area contributed by atoms with Crippen LogP contribution in [0.15, 0.2) is 24.3 Å². The van der Waals surface area contributed by atoms with Crippen LogP contribution in [0.3, 0.4) is 0 Å². The van der Waals surface area contributed by atoms with E-state index in [0.29, 0.717) is 17.7 Å². The fraction of sp³-hybridized carbons (Fsp3) is 0.533. The molecular formula is C15H20ClNO. The van der Waals surface area contributed by atoms with Crippen molar-refractivity contribution in [1.82, 2.24) is 5.32 Å². The van der Waals surface area contributed by atoms with Crippen LogP contribution < -0.4 is 5.32 Å². The predicted molar refractivity (Wildman–Crippen MR) is 74.9 cm³/mol. The minimum atomic E-state index is 0.111. The molecule has 1 saturated carbocycles. The second-order valence-corrected chi connectivity index (χ2v) is 5.76. The normalized spacial score (nSPS) is 16.3. The van der Waals surface area contributed by atoms with Gasteiger partial charge in [0, 0.05) is 12.4 Å². The zero-order valence-corrected chi connectivity index (χ0v) is 11.6. The van der Waals surface area contributed by atoms with Crippen LogP contribution in [0.5, 0.6) is 0 Å². The van der Waals surface area contributed by atoms with Gasteiger partial charge in [0.05, 0.1) is 6.42 Å². The van der Waals surface area contributed by atoms with E-state index in [0.717, 1.165) is 18.5 Å². The number of benzene rings is 1. The van der Waals surface area contributed by atoms with E-state index in [1.54, 1.807) is 0 Å². The SMILES string of the molecule is Cc1ccc(CC(=O)NCC2(CCCl)CC2)cc1. The number of halogens is 1. The maximum Gasteiger partial charge on any atom is 0.224 e. The molecule has 0 saturated heterocycles. The van der Waals surface area contributed by atoms with Gasteiger partial charge >= 0.3 is 0 Å². The molecule has 0 unspecified atom stereocenters. The average Bonchev–Trinajstić information content (AvgIpc) is 3.11. The number of amides is 1. The summed E-state index contributed by atoms with van der Waals surface area (Å²) in [5.74, 6) is 0.799. The van der Waals surface area contributed by atoms with Crippen LogP contribution in [0.1, 0.15) is 30.4 Å². The molecule has 18 heavy (non-hydrogen) atoms. The van der Waals surface area contributed by atoms with Crippen molar-refractivity contribution in [3.05, 3.63) is 35.4 Å². The standard InChI is InChI=1S/C15H20ClNO/c1-12-2-4-13(5-3-12)10-14(18)17-11-15(6-7-15)8-9-16/h2-5H,6-11H2,1H3,(H,17,18).